The largest absolute Gasteiger partial charge is 0.469 e. The Bertz CT molecular complexity index is 246. The van der Waals surface area contributed by atoms with Crippen LogP contribution >= 0.6 is 0 Å². The fourth-order valence-electron chi connectivity index (χ4n) is 1.70. The minimum Gasteiger partial charge on any atom is -0.469 e. The quantitative estimate of drug-likeness (QED) is 0.751. The number of hydrogen-bond acceptors (Lipinski definition) is 3. The molecule has 1 aromatic heterocycles. The Morgan fingerprint density at radius 3 is 2.87 bits per heavy atom. The van der Waals surface area contributed by atoms with E-state index in [0.29, 0.717) is 6.04 Å². The Morgan fingerprint density at radius 2 is 2.33 bits per heavy atom. The van der Waals surface area contributed by atoms with Crippen LogP contribution in [0.15, 0.2) is 22.8 Å². The van der Waals surface area contributed by atoms with Crippen LogP contribution in [0.2, 0.25) is 0 Å². The number of methoxy groups -OCH3 is 1. The molecule has 0 aromatic carbocycles. The number of rotatable bonds is 7. The lowest BCUT2D eigenvalue weighted by atomic mass is 10.1. The topological polar surface area (TPSA) is 34.4 Å². The van der Waals surface area contributed by atoms with E-state index >= 15 is 0 Å². The van der Waals surface area contributed by atoms with E-state index in [0.717, 1.165) is 25.1 Å². The van der Waals surface area contributed by atoms with Gasteiger partial charge in [-0.15, -0.1) is 0 Å². The smallest absolute Gasteiger partial charge is 0.105 e. The molecule has 0 amide bonds. The highest BCUT2D eigenvalue weighted by Crippen LogP contribution is 2.09. The summed E-state index contributed by atoms with van der Waals surface area (Å²) in [4.78, 5) is 0. The summed E-state index contributed by atoms with van der Waals surface area (Å²) in [7, 11) is 1.75. The van der Waals surface area contributed by atoms with Gasteiger partial charge in [0.05, 0.1) is 12.4 Å². The molecule has 0 radical (unpaired) electrons. The third-order valence-corrected chi connectivity index (χ3v) is 2.54. The summed E-state index contributed by atoms with van der Waals surface area (Å²) in [6.45, 7) is 5.18. The average molecular weight is 211 g/mol. The van der Waals surface area contributed by atoms with E-state index in [1.54, 1.807) is 13.4 Å². The van der Waals surface area contributed by atoms with Gasteiger partial charge in [-0.05, 0) is 32.0 Å². The van der Waals surface area contributed by atoms with Gasteiger partial charge in [-0.25, -0.2) is 0 Å². The first kappa shape index (κ1) is 12.3. The van der Waals surface area contributed by atoms with Gasteiger partial charge in [0.15, 0.2) is 0 Å². The number of ether oxygens (including phenoxy) is 1. The van der Waals surface area contributed by atoms with Crippen LogP contribution in [0.4, 0.5) is 0 Å². The van der Waals surface area contributed by atoms with E-state index in [1.807, 2.05) is 12.1 Å². The SMILES string of the molecule is CCNC(Cc1ccco1)CC(C)OC. The van der Waals surface area contributed by atoms with E-state index in [2.05, 4.69) is 19.2 Å². The van der Waals surface area contributed by atoms with Crippen LogP contribution < -0.4 is 5.32 Å². The summed E-state index contributed by atoms with van der Waals surface area (Å²) in [5.74, 6) is 1.03. The normalized spacial score (nSPS) is 15.1. The Labute approximate surface area is 91.8 Å². The molecule has 0 aliphatic rings. The van der Waals surface area contributed by atoms with Crippen molar-refractivity contribution in [1.82, 2.24) is 5.32 Å². The number of nitrogens with one attached hydrogen (secondary N) is 1. The standard InChI is InChI=1S/C12H21NO2/c1-4-13-11(8-10(2)14-3)9-12-6-5-7-15-12/h5-7,10-11,13H,4,8-9H2,1-3H3. The van der Waals surface area contributed by atoms with E-state index in [1.165, 1.54) is 0 Å². The lowest BCUT2D eigenvalue weighted by molar-refractivity contribution is 0.0999. The summed E-state index contributed by atoms with van der Waals surface area (Å²) in [6, 6.07) is 4.37. The van der Waals surface area contributed by atoms with Crippen molar-refractivity contribution in [2.45, 2.75) is 38.8 Å². The van der Waals surface area contributed by atoms with Crippen molar-refractivity contribution in [2.75, 3.05) is 13.7 Å². The number of hydrogen-bond donors (Lipinski definition) is 1. The summed E-state index contributed by atoms with van der Waals surface area (Å²) in [5.41, 5.74) is 0. The van der Waals surface area contributed by atoms with Gasteiger partial charge in [-0.3, -0.25) is 0 Å². The molecule has 0 saturated carbocycles. The van der Waals surface area contributed by atoms with Gasteiger partial charge in [-0.1, -0.05) is 6.92 Å². The molecule has 0 spiro atoms. The van der Waals surface area contributed by atoms with Gasteiger partial charge in [0, 0.05) is 19.6 Å². The molecule has 2 atom stereocenters. The molecule has 86 valence electrons. The third-order valence-electron chi connectivity index (χ3n) is 2.54. The van der Waals surface area contributed by atoms with Crippen LogP contribution in [0.1, 0.15) is 26.0 Å². The predicted octanol–water partition coefficient (Wildman–Crippen LogP) is 2.23. The Balaban J connectivity index is 2.43. The van der Waals surface area contributed by atoms with Crippen molar-refractivity contribution >= 4 is 0 Å². The lowest BCUT2D eigenvalue weighted by Gasteiger charge is -2.20. The lowest BCUT2D eigenvalue weighted by Crippen LogP contribution is -2.34. The molecule has 3 heteroatoms. The summed E-state index contributed by atoms with van der Waals surface area (Å²) in [6.07, 6.45) is 3.93. The molecule has 1 rings (SSSR count). The van der Waals surface area contributed by atoms with Crippen molar-refractivity contribution < 1.29 is 9.15 Å². The third kappa shape index (κ3) is 4.49. The fraction of sp³-hybridized carbons (Fsp3) is 0.667. The maximum absolute atomic E-state index is 5.34. The van der Waals surface area contributed by atoms with E-state index in [-0.39, 0.29) is 6.10 Å². The summed E-state index contributed by atoms with van der Waals surface area (Å²) >= 11 is 0. The van der Waals surface area contributed by atoms with Crippen LogP contribution in [-0.2, 0) is 11.2 Å². The first-order valence-electron chi connectivity index (χ1n) is 5.54. The monoisotopic (exact) mass is 211 g/mol. The molecule has 0 bridgehead atoms. The zero-order chi connectivity index (χ0) is 11.1. The van der Waals surface area contributed by atoms with Gasteiger partial charge in [0.1, 0.15) is 5.76 Å². The van der Waals surface area contributed by atoms with Gasteiger partial charge < -0.3 is 14.5 Å². The van der Waals surface area contributed by atoms with Gasteiger partial charge in [-0.2, -0.15) is 0 Å². The molecule has 15 heavy (non-hydrogen) atoms. The number of furan rings is 1. The van der Waals surface area contributed by atoms with Crippen molar-refractivity contribution in [3.8, 4) is 0 Å². The molecular formula is C12H21NO2. The van der Waals surface area contributed by atoms with E-state index in [9.17, 15) is 0 Å². The van der Waals surface area contributed by atoms with Crippen molar-refractivity contribution in [1.29, 1.82) is 0 Å². The second kappa shape index (κ2) is 6.64. The molecule has 1 heterocycles. The Hall–Kier alpha value is -0.800. The van der Waals surface area contributed by atoms with Crippen molar-refractivity contribution in [3.63, 3.8) is 0 Å². The van der Waals surface area contributed by atoms with Gasteiger partial charge in [0.2, 0.25) is 0 Å². The van der Waals surface area contributed by atoms with Crippen LogP contribution in [0.3, 0.4) is 0 Å². The highest BCUT2D eigenvalue weighted by atomic mass is 16.5. The molecular weight excluding hydrogens is 190 g/mol. The summed E-state index contributed by atoms with van der Waals surface area (Å²) in [5, 5.41) is 3.45. The van der Waals surface area contributed by atoms with Crippen molar-refractivity contribution in [3.05, 3.63) is 24.2 Å². The summed E-state index contributed by atoms with van der Waals surface area (Å²) < 4.78 is 10.6. The first-order valence-corrected chi connectivity index (χ1v) is 5.54. The van der Waals surface area contributed by atoms with Gasteiger partial charge in [0.25, 0.3) is 0 Å². The molecule has 0 saturated heterocycles. The van der Waals surface area contributed by atoms with Crippen LogP contribution in [0.25, 0.3) is 0 Å². The fourth-order valence-corrected chi connectivity index (χ4v) is 1.70. The van der Waals surface area contributed by atoms with E-state index < -0.39 is 0 Å². The molecule has 1 aromatic rings. The molecule has 3 nitrogen and oxygen atoms in total. The van der Waals surface area contributed by atoms with Gasteiger partial charge >= 0.3 is 0 Å². The minimum absolute atomic E-state index is 0.281. The molecule has 0 aliphatic carbocycles. The maximum Gasteiger partial charge on any atom is 0.105 e. The zero-order valence-electron chi connectivity index (χ0n) is 9.82. The zero-order valence-corrected chi connectivity index (χ0v) is 9.82. The molecule has 2 unspecified atom stereocenters. The van der Waals surface area contributed by atoms with E-state index in [4.69, 9.17) is 9.15 Å². The van der Waals surface area contributed by atoms with Crippen LogP contribution in [0, 0.1) is 0 Å². The minimum atomic E-state index is 0.281. The second-order valence-electron chi connectivity index (χ2n) is 3.82. The predicted molar refractivity (Wildman–Crippen MR) is 61.0 cm³/mol. The van der Waals surface area contributed by atoms with Crippen LogP contribution in [-0.4, -0.2) is 25.8 Å². The second-order valence-corrected chi connectivity index (χ2v) is 3.82. The number of likely N-dealkylation sites (N-methyl/N-ethyl adjacent to an activating group) is 1. The Kier molecular flexibility index (Phi) is 5.43. The molecule has 0 aliphatic heterocycles. The Morgan fingerprint density at radius 1 is 1.53 bits per heavy atom. The highest BCUT2D eigenvalue weighted by molar-refractivity contribution is 5.00. The highest BCUT2D eigenvalue weighted by Gasteiger charge is 2.13. The average Bonchev–Trinajstić information content (AvgIpc) is 2.70. The van der Waals surface area contributed by atoms with Crippen molar-refractivity contribution in [2.24, 2.45) is 0 Å². The van der Waals surface area contributed by atoms with Crippen LogP contribution in [0.5, 0.6) is 0 Å². The maximum atomic E-state index is 5.34. The first-order chi connectivity index (χ1) is 7.26. The molecule has 0 fully saturated rings. The molecule has 1 N–H and O–H groups in total.